The van der Waals surface area contributed by atoms with Crippen molar-refractivity contribution in [1.29, 1.82) is 0 Å². The van der Waals surface area contributed by atoms with E-state index in [1.807, 2.05) is 37.4 Å². The molecule has 1 aromatic carbocycles. The first-order valence-corrected chi connectivity index (χ1v) is 6.73. The van der Waals surface area contributed by atoms with Gasteiger partial charge in [0.15, 0.2) is 0 Å². The highest BCUT2D eigenvalue weighted by atomic mass is 16.3. The fraction of sp³-hybridized carbons (Fsp3) is 0.600. The Balaban J connectivity index is 2.06. The SMILES string of the molecule is CNC(C1CCCCC1)C(O)c1ccccc1. The van der Waals surface area contributed by atoms with Gasteiger partial charge in [-0.1, -0.05) is 49.6 Å². The smallest absolute Gasteiger partial charge is 0.0945 e. The molecule has 0 aliphatic heterocycles. The zero-order chi connectivity index (χ0) is 12.1. The lowest BCUT2D eigenvalue weighted by Gasteiger charge is -2.33. The zero-order valence-electron chi connectivity index (χ0n) is 10.6. The maximum Gasteiger partial charge on any atom is 0.0945 e. The van der Waals surface area contributed by atoms with Gasteiger partial charge in [0.25, 0.3) is 0 Å². The standard InChI is InChI=1S/C15H23NO/c1-16-14(12-8-4-2-5-9-12)15(17)13-10-6-3-7-11-13/h3,6-7,10-12,14-17H,2,4-5,8-9H2,1H3. The van der Waals surface area contributed by atoms with Crippen LogP contribution in [0.3, 0.4) is 0 Å². The van der Waals surface area contributed by atoms with Crippen molar-refractivity contribution in [1.82, 2.24) is 5.32 Å². The van der Waals surface area contributed by atoms with Crippen molar-refractivity contribution in [2.75, 3.05) is 7.05 Å². The highest BCUT2D eigenvalue weighted by molar-refractivity contribution is 5.19. The molecule has 0 bridgehead atoms. The third-order valence-electron chi connectivity index (χ3n) is 3.97. The summed E-state index contributed by atoms with van der Waals surface area (Å²) in [5.41, 5.74) is 1.03. The monoisotopic (exact) mass is 233 g/mol. The van der Waals surface area contributed by atoms with Crippen LogP contribution in [0.15, 0.2) is 30.3 Å². The van der Waals surface area contributed by atoms with Gasteiger partial charge >= 0.3 is 0 Å². The summed E-state index contributed by atoms with van der Waals surface area (Å²) in [7, 11) is 1.96. The summed E-state index contributed by atoms with van der Waals surface area (Å²) in [6.45, 7) is 0. The van der Waals surface area contributed by atoms with Crippen molar-refractivity contribution in [3.05, 3.63) is 35.9 Å². The van der Waals surface area contributed by atoms with Crippen molar-refractivity contribution in [3.8, 4) is 0 Å². The molecule has 0 spiro atoms. The van der Waals surface area contributed by atoms with Gasteiger partial charge in [-0.3, -0.25) is 0 Å². The fourth-order valence-corrected chi connectivity index (χ4v) is 3.00. The van der Waals surface area contributed by atoms with E-state index in [1.165, 1.54) is 32.1 Å². The first-order chi connectivity index (χ1) is 8.33. The second kappa shape index (κ2) is 6.18. The van der Waals surface area contributed by atoms with Crippen molar-refractivity contribution < 1.29 is 5.11 Å². The molecule has 1 aliphatic carbocycles. The molecule has 1 aromatic rings. The Labute approximate surface area is 104 Å². The van der Waals surface area contributed by atoms with Crippen LogP contribution in [-0.2, 0) is 0 Å². The Morgan fingerprint density at radius 1 is 1.12 bits per heavy atom. The van der Waals surface area contributed by atoms with E-state index in [1.54, 1.807) is 0 Å². The minimum Gasteiger partial charge on any atom is -0.387 e. The molecule has 1 fully saturated rings. The summed E-state index contributed by atoms with van der Waals surface area (Å²) in [6.07, 6.45) is 6.08. The average Bonchev–Trinajstić information content (AvgIpc) is 2.42. The van der Waals surface area contributed by atoms with Crippen molar-refractivity contribution in [2.24, 2.45) is 5.92 Å². The van der Waals surface area contributed by atoms with E-state index in [-0.39, 0.29) is 12.1 Å². The molecule has 0 radical (unpaired) electrons. The van der Waals surface area contributed by atoms with E-state index in [9.17, 15) is 5.11 Å². The third-order valence-corrected chi connectivity index (χ3v) is 3.97. The predicted molar refractivity (Wildman–Crippen MR) is 70.8 cm³/mol. The van der Waals surface area contributed by atoms with E-state index in [0.29, 0.717) is 5.92 Å². The molecule has 0 amide bonds. The molecule has 0 saturated heterocycles. The first-order valence-electron chi connectivity index (χ1n) is 6.73. The minimum absolute atomic E-state index is 0.192. The second-order valence-electron chi connectivity index (χ2n) is 5.07. The second-order valence-corrected chi connectivity index (χ2v) is 5.07. The topological polar surface area (TPSA) is 32.3 Å². The van der Waals surface area contributed by atoms with Gasteiger partial charge in [0, 0.05) is 6.04 Å². The number of nitrogens with one attached hydrogen (secondary N) is 1. The van der Waals surface area contributed by atoms with Gasteiger partial charge in [-0.2, -0.15) is 0 Å². The van der Waals surface area contributed by atoms with Gasteiger partial charge in [-0.25, -0.2) is 0 Å². The average molecular weight is 233 g/mol. The third kappa shape index (κ3) is 3.08. The summed E-state index contributed by atoms with van der Waals surface area (Å²) >= 11 is 0. The maximum absolute atomic E-state index is 10.5. The molecule has 1 saturated carbocycles. The Morgan fingerprint density at radius 2 is 1.76 bits per heavy atom. The van der Waals surface area contributed by atoms with Crippen LogP contribution in [0.4, 0.5) is 0 Å². The molecule has 2 N–H and O–H groups in total. The van der Waals surface area contributed by atoms with Crippen LogP contribution in [0.1, 0.15) is 43.8 Å². The summed E-state index contributed by atoms with van der Waals surface area (Å²) in [5, 5.41) is 13.8. The van der Waals surface area contributed by atoms with E-state index in [2.05, 4.69) is 5.32 Å². The summed E-state index contributed by atoms with van der Waals surface area (Å²) in [4.78, 5) is 0. The molecule has 1 aliphatic rings. The van der Waals surface area contributed by atoms with Crippen LogP contribution in [0, 0.1) is 5.92 Å². The molecule has 2 atom stereocenters. The molecule has 0 aromatic heterocycles. The Hall–Kier alpha value is -0.860. The Kier molecular flexibility index (Phi) is 4.57. The van der Waals surface area contributed by atoms with E-state index in [4.69, 9.17) is 0 Å². The fourth-order valence-electron chi connectivity index (χ4n) is 3.00. The van der Waals surface area contributed by atoms with Crippen molar-refractivity contribution in [3.63, 3.8) is 0 Å². The molecule has 2 heteroatoms. The number of aliphatic hydroxyl groups excluding tert-OH is 1. The van der Waals surface area contributed by atoms with E-state index < -0.39 is 0 Å². The van der Waals surface area contributed by atoms with Crippen LogP contribution >= 0.6 is 0 Å². The van der Waals surface area contributed by atoms with Crippen molar-refractivity contribution >= 4 is 0 Å². The van der Waals surface area contributed by atoms with Crippen LogP contribution in [0.5, 0.6) is 0 Å². The lowest BCUT2D eigenvalue weighted by Crippen LogP contribution is -2.40. The van der Waals surface area contributed by atoms with Gasteiger partial charge in [0.05, 0.1) is 6.10 Å². The molecule has 2 nitrogen and oxygen atoms in total. The lowest BCUT2D eigenvalue weighted by atomic mass is 9.80. The first kappa shape index (κ1) is 12.6. The molecule has 94 valence electrons. The maximum atomic E-state index is 10.5. The van der Waals surface area contributed by atoms with Gasteiger partial charge in [-0.15, -0.1) is 0 Å². The van der Waals surface area contributed by atoms with E-state index in [0.717, 1.165) is 5.56 Å². The van der Waals surface area contributed by atoms with Gasteiger partial charge < -0.3 is 10.4 Å². The highest BCUT2D eigenvalue weighted by Crippen LogP contribution is 2.32. The zero-order valence-corrected chi connectivity index (χ0v) is 10.6. The van der Waals surface area contributed by atoms with Gasteiger partial charge in [0.1, 0.15) is 0 Å². The van der Waals surface area contributed by atoms with Gasteiger partial charge in [0.2, 0.25) is 0 Å². The van der Waals surface area contributed by atoms with Gasteiger partial charge in [-0.05, 0) is 31.4 Å². The summed E-state index contributed by atoms with van der Waals surface area (Å²) < 4.78 is 0. The molecule has 2 rings (SSSR count). The molecular weight excluding hydrogens is 210 g/mol. The molecular formula is C15H23NO. The van der Waals surface area contributed by atoms with Crippen LogP contribution in [-0.4, -0.2) is 18.2 Å². The molecule has 0 heterocycles. The largest absolute Gasteiger partial charge is 0.387 e. The van der Waals surface area contributed by atoms with Crippen LogP contribution < -0.4 is 5.32 Å². The Morgan fingerprint density at radius 3 is 2.35 bits per heavy atom. The summed E-state index contributed by atoms with van der Waals surface area (Å²) in [5.74, 6) is 0.615. The van der Waals surface area contributed by atoms with Crippen molar-refractivity contribution in [2.45, 2.75) is 44.2 Å². The number of hydrogen-bond donors (Lipinski definition) is 2. The molecule has 2 unspecified atom stereocenters. The number of hydrogen-bond acceptors (Lipinski definition) is 2. The van der Waals surface area contributed by atoms with Crippen LogP contribution in [0.25, 0.3) is 0 Å². The van der Waals surface area contributed by atoms with E-state index >= 15 is 0 Å². The number of rotatable bonds is 4. The normalized spacial score (nSPS) is 21.1. The number of likely N-dealkylation sites (N-methyl/N-ethyl adjacent to an activating group) is 1. The minimum atomic E-state index is -0.385. The predicted octanol–water partition coefficient (Wildman–Crippen LogP) is 2.89. The lowest BCUT2D eigenvalue weighted by molar-refractivity contribution is 0.0877. The number of aliphatic hydroxyl groups is 1. The number of benzene rings is 1. The Bertz CT molecular complexity index is 319. The quantitative estimate of drug-likeness (QED) is 0.838. The molecule has 17 heavy (non-hydrogen) atoms. The highest BCUT2D eigenvalue weighted by Gasteiger charge is 2.28. The van der Waals surface area contributed by atoms with Crippen LogP contribution in [0.2, 0.25) is 0 Å². The summed E-state index contributed by atoms with van der Waals surface area (Å²) in [6, 6.07) is 10.2.